The fourth-order valence-electron chi connectivity index (χ4n) is 4.91. The number of pyridine rings is 1. The molecule has 5 rings (SSSR count). The van der Waals surface area contributed by atoms with Gasteiger partial charge in [-0.25, -0.2) is 12.8 Å². The highest BCUT2D eigenvalue weighted by Crippen LogP contribution is 2.52. The van der Waals surface area contributed by atoms with Crippen LogP contribution < -0.4 is 20.5 Å². The molecular weight excluding hydrogens is 546 g/mol. The molecule has 1 fully saturated rings. The molecule has 0 amide bonds. The van der Waals surface area contributed by atoms with Gasteiger partial charge in [0.1, 0.15) is 17.1 Å². The Balaban J connectivity index is 1.69. The molecule has 10 nitrogen and oxygen atoms in total. The van der Waals surface area contributed by atoms with Gasteiger partial charge < -0.3 is 19.5 Å². The first kappa shape index (κ1) is 27.4. The highest BCUT2D eigenvalue weighted by atomic mass is 32.2. The molecule has 0 radical (unpaired) electrons. The number of aromatic hydroxyl groups is 1. The molecule has 0 saturated heterocycles. The minimum absolute atomic E-state index is 0.0157. The lowest BCUT2D eigenvalue weighted by Crippen LogP contribution is -2.34. The van der Waals surface area contributed by atoms with Crippen LogP contribution in [-0.4, -0.2) is 43.3 Å². The van der Waals surface area contributed by atoms with E-state index in [0.717, 1.165) is 35.9 Å². The molecule has 0 bridgehead atoms. The fraction of sp³-hybridized carbons (Fsp3) is 0.385. The summed E-state index contributed by atoms with van der Waals surface area (Å²) < 4.78 is 65.5. The largest absolute Gasteiger partial charge is 0.506 e. The van der Waals surface area contributed by atoms with Gasteiger partial charge in [-0.05, 0) is 62.6 Å². The second kappa shape index (κ2) is 10.1. The van der Waals surface area contributed by atoms with E-state index in [2.05, 4.69) is 10.1 Å². The molecule has 208 valence electrons. The number of aryl methyl sites for hydroxylation is 1. The van der Waals surface area contributed by atoms with Gasteiger partial charge >= 0.3 is 7.52 Å². The summed E-state index contributed by atoms with van der Waals surface area (Å²) in [6, 6.07) is 8.35. The quantitative estimate of drug-likeness (QED) is 0.366. The van der Waals surface area contributed by atoms with E-state index in [-0.39, 0.29) is 46.6 Å². The Morgan fingerprint density at radius 1 is 1.23 bits per heavy atom. The molecular formula is C26H30FN4O6PS. The Hall–Kier alpha value is -3.21. The molecule has 1 aromatic heterocycles. The summed E-state index contributed by atoms with van der Waals surface area (Å²) in [5.41, 5.74) is 0.150. The molecule has 3 aromatic rings. The lowest BCUT2D eigenvalue weighted by molar-refractivity contribution is 0.341. The van der Waals surface area contributed by atoms with Gasteiger partial charge in [-0.3, -0.25) is 13.7 Å². The van der Waals surface area contributed by atoms with Crippen molar-refractivity contribution in [3.8, 4) is 5.75 Å². The van der Waals surface area contributed by atoms with Crippen LogP contribution in [0.15, 0.2) is 46.0 Å². The Kier molecular flexibility index (Phi) is 7.07. The number of hydrogen-bond acceptors (Lipinski definition) is 7. The highest BCUT2D eigenvalue weighted by molar-refractivity contribution is 7.92. The number of aromatic nitrogens is 1. The predicted molar refractivity (Wildman–Crippen MR) is 151 cm³/mol. The zero-order valence-corrected chi connectivity index (χ0v) is 23.6. The molecule has 2 N–H and O–H groups in total. The van der Waals surface area contributed by atoms with Crippen LogP contribution in [0.5, 0.6) is 5.75 Å². The van der Waals surface area contributed by atoms with E-state index >= 15 is 0 Å². The van der Waals surface area contributed by atoms with E-state index in [0.29, 0.717) is 18.0 Å². The van der Waals surface area contributed by atoms with E-state index in [1.807, 2.05) is 0 Å². The second-order valence-corrected chi connectivity index (χ2v) is 13.6. The maximum absolute atomic E-state index is 14.2. The van der Waals surface area contributed by atoms with E-state index in [9.17, 15) is 27.3 Å². The first-order valence-electron chi connectivity index (χ1n) is 12.8. The molecule has 2 heterocycles. The lowest BCUT2D eigenvalue weighted by Gasteiger charge is -2.28. The molecule has 1 unspecified atom stereocenters. The zero-order valence-electron chi connectivity index (χ0n) is 21.8. The van der Waals surface area contributed by atoms with Gasteiger partial charge in [-0.2, -0.15) is 4.76 Å². The lowest BCUT2D eigenvalue weighted by atomic mass is 10.1. The summed E-state index contributed by atoms with van der Waals surface area (Å²) in [4.78, 5) is 13.8. The number of nitrogens with zero attached hydrogens (tertiary/aromatic N) is 3. The molecule has 1 atom stereocenters. The predicted octanol–water partition coefficient (Wildman–Crippen LogP) is 4.16. The molecule has 1 aliphatic heterocycles. The van der Waals surface area contributed by atoms with Crippen LogP contribution in [0, 0.1) is 11.7 Å². The zero-order chi connectivity index (χ0) is 28.1. The Bertz CT molecular complexity index is 1720. The van der Waals surface area contributed by atoms with Crippen LogP contribution in [0.25, 0.3) is 10.9 Å². The smallest absolute Gasteiger partial charge is 0.348 e. The SMILES string of the molecule is CCOP1(=O)N=C(c2c(O)c3cc(F)ccc3n(CCC3CC3)c2=O)Nc2ccc(N(CC)S(C)(=O)=O)cc21. The van der Waals surface area contributed by atoms with Gasteiger partial charge in [0.2, 0.25) is 10.0 Å². The van der Waals surface area contributed by atoms with Crippen LogP contribution in [0.3, 0.4) is 0 Å². The summed E-state index contributed by atoms with van der Waals surface area (Å²) in [6.45, 7) is 3.85. The van der Waals surface area contributed by atoms with Crippen molar-refractivity contribution >= 4 is 51.0 Å². The van der Waals surface area contributed by atoms with Gasteiger partial charge in [0.25, 0.3) is 5.56 Å². The van der Waals surface area contributed by atoms with Crippen LogP contribution in [0.4, 0.5) is 15.8 Å². The maximum Gasteiger partial charge on any atom is 0.348 e. The molecule has 0 spiro atoms. The van der Waals surface area contributed by atoms with Crippen LogP contribution in [-0.2, 0) is 25.7 Å². The highest BCUT2D eigenvalue weighted by Gasteiger charge is 2.37. The van der Waals surface area contributed by atoms with E-state index in [1.165, 1.54) is 28.8 Å². The van der Waals surface area contributed by atoms with Crippen LogP contribution in [0.2, 0.25) is 0 Å². The number of benzene rings is 2. The summed E-state index contributed by atoms with van der Waals surface area (Å²) in [5, 5.41) is 14.4. The van der Waals surface area contributed by atoms with Gasteiger partial charge in [0.05, 0.1) is 35.1 Å². The third-order valence-corrected chi connectivity index (χ3v) is 10.3. The molecule has 2 aromatic carbocycles. The van der Waals surface area contributed by atoms with Crippen molar-refractivity contribution < 1.29 is 27.0 Å². The number of halogens is 1. The second-order valence-electron chi connectivity index (χ2n) is 9.71. The summed E-state index contributed by atoms with van der Waals surface area (Å²) in [7, 11) is -7.64. The average Bonchev–Trinajstić information content (AvgIpc) is 3.69. The van der Waals surface area contributed by atoms with Crippen molar-refractivity contribution in [2.45, 2.75) is 39.7 Å². The van der Waals surface area contributed by atoms with Crippen molar-refractivity contribution in [2.24, 2.45) is 10.7 Å². The Labute approximate surface area is 225 Å². The molecule has 39 heavy (non-hydrogen) atoms. The standard InChI is InChI=1S/C26H30FN4O6PS/c1-4-31(39(3,35)36)18-9-10-20-22(15-18)38(34,37-5-2)29-25(28-20)23-24(32)19-14-17(27)8-11-21(19)30(26(23)33)13-12-16-6-7-16/h8-11,14-16,32H,4-7,12-13H2,1-3H3,(H,28,29,34). The number of sulfonamides is 1. The van der Waals surface area contributed by atoms with Crippen molar-refractivity contribution in [2.75, 3.05) is 29.0 Å². The van der Waals surface area contributed by atoms with Gasteiger partial charge in [0, 0.05) is 18.5 Å². The molecule has 1 saturated carbocycles. The maximum atomic E-state index is 14.2. The third kappa shape index (κ3) is 5.08. The minimum atomic E-state index is -4.03. The molecule has 1 aliphatic carbocycles. The molecule has 2 aliphatic rings. The Morgan fingerprint density at radius 2 is 1.97 bits per heavy atom. The van der Waals surface area contributed by atoms with Crippen molar-refractivity contribution in [1.29, 1.82) is 0 Å². The van der Waals surface area contributed by atoms with E-state index in [4.69, 9.17) is 4.52 Å². The van der Waals surface area contributed by atoms with Crippen molar-refractivity contribution in [3.05, 3.63) is 58.1 Å². The number of nitrogens with one attached hydrogen (secondary N) is 1. The number of fused-ring (bicyclic) bond motifs is 2. The Morgan fingerprint density at radius 3 is 2.62 bits per heavy atom. The van der Waals surface area contributed by atoms with Gasteiger partial charge in [-0.1, -0.05) is 12.8 Å². The number of hydrogen-bond donors (Lipinski definition) is 2. The monoisotopic (exact) mass is 576 g/mol. The fourth-order valence-corrected chi connectivity index (χ4v) is 7.68. The number of anilines is 2. The van der Waals surface area contributed by atoms with Crippen LogP contribution in [0.1, 0.15) is 38.7 Å². The average molecular weight is 577 g/mol. The topological polar surface area (TPSA) is 130 Å². The first-order chi connectivity index (χ1) is 18.5. The van der Waals surface area contributed by atoms with Crippen molar-refractivity contribution in [3.63, 3.8) is 0 Å². The number of amidine groups is 1. The summed E-state index contributed by atoms with van der Waals surface area (Å²) in [5.74, 6) is -0.723. The normalized spacial score (nSPS) is 18.9. The number of rotatable bonds is 9. The van der Waals surface area contributed by atoms with E-state index in [1.54, 1.807) is 19.9 Å². The third-order valence-electron chi connectivity index (χ3n) is 6.95. The minimum Gasteiger partial charge on any atom is -0.506 e. The van der Waals surface area contributed by atoms with Crippen molar-refractivity contribution in [1.82, 2.24) is 4.57 Å². The van der Waals surface area contributed by atoms with Gasteiger partial charge in [0.15, 0.2) is 5.84 Å². The summed E-state index contributed by atoms with van der Waals surface area (Å²) in [6.07, 6.45) is 4.01. The molecule has 13 heteroatoms. The summed E-state index contributed by atoms with van der Waals surface area (Å²) >= 11 is 0. The van der Waals surface area contributed by atoms with Crippen LogP contribution >= 0.6 is 7.52 Å². The van der Waals surface area contributed by atoms with E-state index < -0.39 is 34.7 Å². The van der Waals surface area contributed by atoms with Gasteiger partial charge in [-0.15, -0.1) is 0 Å². The first-order valence-corrected chi connectivity index (χ1v) is 16.2.